The maximum Gasteiger partial charge on any atom is 0.327 e. The summed E-state index contributed by atoms with van der Waals surface area (Å²) in [5.74, 6) is -0.182. The first-order chi connectivity index (χ1) is 6.20. The van der Waals surface area contributed by atoms with Gasteiger partial charge in [0.1, 0.15) is 12.8 Å². The standard InChI is InChI=1S/C8H12N2O3/c1-2-10-7(12)6-9(8(10)13)4-3-5-11/h5H,2-4,6H2,1H3. The second kappa shape index (κ2) is 4.02. The van der Waals surface area contributed by atoms with Crippen molar-refractivity contribution in [3.8, 4) is 0 Å². The molecule has 1 saturated heterocycles. The van der Waals surface area contributed by atoms with E-state index in [4.69, 9.17) is 0 Å². The molecule has 1 aliphatic heterocycles. The van der Waals surface area contributed by atoms with Gasteiger partial charge >= 0.3 is 6.03 Å². The van der Waals surface area contributed by atoms with E-state index in [2.05, 4.69) is 0 Å². The van der Waals surface area contributed by atoms with Crippen LogP contribution in [0.15, 0.2) is 0 Å². The van der Waals surface area contributed by atoms with Crippen molar-refractivity contribution < 1.29 is 14.4 Å². The minimum absolute atomic E-state index is 0.112. The lowest BCUT2D eigenvalue weighted by atomic mass is 10.4. The van der Waals surface area contributed by atoms with Gasteiger partial charge < -0.3 is 9.69 Å². The van der Waals surface area contributed by atoms with Gasteiger partial charge in [-0.05, 0) is 6.92 Å². The summed E-state index contributed by atoms with van der Waals surface area (Å²) in [6, 6.07) is -0.283. The number of carbonyl (C=O) groups excluding carboxylic acids is 3. The summed E-state index contributed by atoms with van der Waals surface area (Å²) in [6.07, 6.45) is 1.03. The number of likely N-dealkylation sites (N-methyl/N-ethyl adjacent to an activating group) is 1. The number of rotatable bonds is 4. The molecule has 0 unspecified atom stereocenters. The molecule has 1 rings (SSSR count). The molecule has 0 radical (unpaired) electrons. The second-order valence-corrected chi connectivity index (χ2v) is 2.80. The zero-order chi connectivity index (χ0) is 9.84. The van der Waals surface area contributed by atoms with Gasteiger partial charge in [-0.15, -0.1) is 0 Å². The highest BCUT2D eigenvalue weighted by Gasteiger charge is 2.33. The molecule has 1 fully saturated rings. The molecule has 0 aromatic heterocycles. The zero-order valence-electron chi connectivity index (χ0n) is 7.52. The smallest absolute Gasteiger partial charge is 0.315 e. The molecular formula is C8H12N2O3. The third-order valence-corrected chi connectivity index (χ3v) is 1.96. The van der Waals surface area contributed by atoms with E-state index >= 15 is 0 Å². The Kier molecular flexibility index (Phi) is 3.00. The fourth-order valence-corrected chi connectivity index (χ4v) is 1.29. The van der Waals surface area contributed by atoms with Gasteiger partial charge in [0.2, 0.25) is 5.91 Å². The Morgan fingerprint density at radius 1 is 1.46 bits per heavy atom. The number of amides is 3. The van der Waals surface area contributed by atoms with Gasteiger partial charge in [-0.1, -0.05) is 0 Å². The third kappa shape index (κ3) is 1.85. The maximum absolute atomic E-state index is 11.4. The largest absolute Gasteiger partial charge is 0.327 e. The molecule has 0 aromatic rings. The molecule has 72 valence electrons. The molecule has 5 heteroatoms. The predicted octanol–water partition coefficient (Wildman–Crippen LogP) is -0.141. The molecule has 0 bridgehead atoms. The van der Waals surface area contributed by atoms with E-state index in [1.165, 1.54) is 9.80 Å². The molecule has 5 nitrogen and oxygen atoms in total. The van der Waals surface area contributed by atoms with Gasteiger partial charge in [0.15, 0.2) is 0 Å². The van der Waals surface area contributed by atoms with Crippen LogP contribution in [0.4, 0.5) is 4.79 Å². The number of urea groups is 1. The Labute approximate surface area is 76.3 Å². The Bertz CT molecular complexity index is 240. The van der Waals surface area contributed by atoms with Crippen LogP contribution in [-0.2, 0) is 9.59 Å². The van der Waals surface area contributed by atoms with Gasteiger partial charge in [0, 0.05) is 19.5 Å². The van der Waals surface area contributed by atoms with Crippen LogP contribution in [0, 0.1) is 0 Å². The van der Waals surface area contributed by atoms with E-state index in [1.807, 2.05) is 0 Å². The van der Waals surface area contributed by atoms with Crippen molar-refractivity contribution in [3.05, 3.63) is 0 Å². The van der Waals surface area contributed by atoms with Crippen LogP contribution < -0.4 is 0 Å². The van der Waals surface area contributed by atoms with Gasteiger partial charge in [-0.25, -0.2) is 4.79 Å². The first-order valence-electron chi connectivity index (χ1n) is 4.23. The van der Waals surface area contributed by atoms with E-state index in [-0.39, 0.29) is 24.9 Å². The van der Waals surface area contributed by atoms with Crippen molar-refractivity contribution in [1.29, 1.82) is 0 Å². The summed E-state index contributed by atoms with van der Waals surface area (Å²) in [5.41, 5.74) is 0. The quantitative estimate of drug-likeness (QED) is 0.451. The van der Waals surface area contributed by atoms with Crippen molar-refractivity contribution in [3.63, 3.8) is 0 Å². The Morgan fingerprint density at radius 3 is 2.62 bits per heavy atom. The average molecular weight is 184 g/mol. The average Bonchev–Trinajstić information content (AvgIpc) is 2.38. The van der Waals surface area contributed by atoms with Crippen LogP contribution in [0.5, 0.6) is 0 Å². The van der Waals surface area contributed by atoms with Crippen molar-refractivity contribution in [2.24, 2.45) is 0 Å². The van der Waals surface area contributed by atoms with E-state index in [0.717, 1.165) is 6.29 Å². The minimum Gasteiger partial charge on any atom is -0.315 e. The van der Waals surface area contributed by atoms with E-state index in [9.17, 15) is 14.4 Å². The summed E-state index contributed by atoms with van der Waals surface area (Å²) >= 11 is 0. The molecule has 0 aliphatic carbocycles. The molecule has 0 aromatic carbocycles. The monoisotopic (exact) mass is 184 g/mol. The van der Waals surface area contributed by atoms with Crippen molar-refractivity contribution in [2.75, 3.05) is 19.6 Å². The molecule has 13 heavy (non-hydrogen) atoms. The van der Waals surface area contributed by atoms with Gasteiger partial charge in [-0.2, -0.15) is 0 Å². The maximum atomic E-state index is 11.4. The highest BCUT2D eigenvalue weighted by atomic mass is 16.2. The fourth-order valence-electron chi connectivity index (χ4n) is 1.29. The van der Waals surface area contributed by atoms with Crippen molar-refractivity contribution in [1.82, 2.24) is 9.80 Å². The van der Waals surface area contributed by atoms with E-state index in [0.29, 0.717) is 13.1 Å². The summed E-state index contributed by atoms with van der Waals surface area (Å²) in [7, 11) is 0. The Hall–Kier alpha value is -1.39. The second-order valence-electron chi connectivity index (χ2n) is 2.80. The zero-order valence-corrected chi connectivity index (χ0v) is 7.52. The molecule has 1 heterocycles. The number of hydrogen-bond acceptors (Lipinski definition) is 3. The van der Waals surface area contributed by atoms with Gasteiger partial charge in [0.25, 0.3) is 0 Å². The SMILES string of the molecule is CCN1C(=O)CN(CCC=O)C1=O. The minimum atomic E-state index is -0.283. The van der Waals surface area contributed by atoms with E-state index in [1.54, 1.807) is 6.92 Å². The van der Waals surface area contributed by atoms with Crippen molar-refractivity contribution >= 4 is 18.2 Å². The number of carbonyl (C=O) groups is 3. The third-order valence-electron chi connectivity index (χ3n) is 1.96. The first kappa shape index (κ1) is 9.70. The van der Waals surface area contributed by atoms with Crippen LogP contribution in [0.2, 0.25) is 0 Å². The molecule has 1 aliphatic rings. The molecule has 0 spiro atoms. The highest BCUT2D eigenvalue weighted by molar-refractivity contribution is 6.01. The van der Waals surface area contributed by atoms with Crippen LogP contribution in [0.1, 0.15) is 13.3 Å². The molecule has 0 saturated carbocycles. The van der Waals surface area contributed by atoms with Crippen molar-refractivity contribution in [2.45, 2.75) is 13.3 Å². The molecule has 0 N–H and O–H groups in total. The first-order valence-corrected chi connectivity index (χ1v) is 4.23. The van der Waals surface area contributed by atoms with E-state index < -0.39 is 0 Å². The van der Waals surface area contributed by atoms with Crippen LogP contribution in [0.25, 0.3) is 0 Å². The van der Waals surface area contributed by atoms with Crippen LogP contribution in [-0.4, -0.2) is 47.7 Å². The molecule has 3 amide bonds. The summed E-state index contributed by atoms with van der Waals surface area (Å²) in [6.45, 7) is 2.60. The molecule has 0 atom stereocenters. The van der Waals surface area contributed by atoms with Gasteiger partial charge in [-0.3, -0.25) is 9.69 Å². The normalized spacial score (nSPS) is 17.0. The number of aldehydes is 1. The number of nitrogens with zero attached hydrogens (tertiary/aromatic N) is 2. The highest BCUT2D eigenvalue weighted by Crippen LogP contribution is 2.09. The predicted molar refractivity (Wildman–Crippen MR) is 45.0 cm³/mol. The molecular weight excluding hydrogens is 172 g/mol. The van der Waals surface area contributed by atoms with Crippen LogP contribution >= 0.6 is 0 Å². The van der Waals surface area contributed by atoms with Gasteiger partial charge in [0.05, 0.1) is 0 Å². The summed E-state index contributed by atoms with van der Waals surface area (Å²) in [4.78, 5) is 35.2. The lowest BCUT2D eigenvalue weighted by molar-refractivity contribution is -0.125. The summed E-state index contributed by atoms with van der Waals surface area (Å²) in [5, 5.41) is 0. The number of imide groups is 1. The lowest BCUT2D eigenvalue weighted by Crippen LogP contribution is -2.33. The van der Waals surface area contributed by atoms with Crippen LogP contribution in [0.3, 0.4) is 0 Å². The Morgan fingerprint density at radius 2 is 2.15 bits per heavy atom. The summed E-state index contributed by atoms with van der Waals surface area (Å²) < 4.78 is 0. The lowest BCUT2D eigenvalue weighted by Gasteiger charge is -2.13. The number of hydrogen-bond donors (Lipinski definition) is 0. The topological polar surface area (TPSA) is 57.7 Å². The Balaban J connectivity index is 2.56. The fraction of sp³-hybridized carbons (Fsp3) is 0.625.